The molecule has 7 heteroatoms. The van der Waals surface area contributed by atoms with Gasteiger partial charge in [-0.1, -0.05) is 65.5 Å². The van der Waals surface area contributed by atoms with Crippen LogP contribution in [0.4, 0.5) is 0 Å². The first-order valence-corrected chi connectivity index (χ1v) is 21.4. The highest BCUT2D eigenvalue weighted by Crippen LogP contribution is 2.65. The van der Waals surface area contributed by atoms with Crippen molar-refractivity contribution in [3.63, 3.8) is 0 Å². The van der Waals surface area contributed by atoms with Gasteiger partial charge >= 0.3 is 5.97 Å². The van der Waals surface area contributed by atoms with Crippen molar-refractivity contribution in [1.29, 1.82) is 0 Å². The minimum absolute atomic E-state index is 0.125. The highest BCUT2D eigenvalue weighted by atomic mass is 16.6. The predicted molar refractivity (Wildman–Crippen MR) is 218 cm³/mol. The van der Waals surface area contributed by atoms with Crippen LogP contribution in [-0.2, 0) is 9.53 Å². The van der Waals surface area contributed by atoms with E-state index in [1.54, 1.807) is 49.4 Å². The second-order valence-electron chi connectivity index (χ2n) is 18.4. The Morgan fingerprint density at radius 1 is 0.909 bits per heavy atom. The van der Waals surface area contributed by atoms with Gasteiger partial charge in [0.2, 0.25) is 11.2 Å². The van der Waals surface area contributed by atoms with E-state index in [1.807, 2.05) is 6.92 Å². The van der Waals surface area contributed by atoms with Gasteiger partial charge in [0.05, 0.1) is 12.0 Å². The Morgan fingerprint density at radius 3 is 2.44 bits per heavy atom. The van der Waals surface area contributed by atoms with Crippen molar-refractivity contribution in [2.24, 2.45) is 46.3 Å². The molecule has 7 nitrogen and oxygen atoms in total. The smallest absolute Gasteiger partial charge is 0.344 e. The average molecular weight is 753 g/mol. The number of carbonyl (C=O) groups excluding carboxylic acids is 1. The average Bonchev–Trinajstić information content (AvgIpc) is 3.15. The Hall–Kier alpha value is -3.74. The van der Waals surface area contributed by atoms with Crippen LogP contribution in [0.3, 0.4) is 0 Å². The van der Waals surface area contributed by atoms with Crippen molar-refractivity contribution in [3.8, 4) is 23.0 Å². The molecule has 3 aromatic rings. The fourth-order valence-corrected chi connectivity index (χ4v) is 11.3. The summed E-state index contributed by atoms with van der Waals surface area (Å²) in [7, 11) is 0. The monoisotopic (exact) mass is 752 g/mol. The Labute approximate surface area is 328 Å². The predicted octanol–water partition coefficient (Wildman–Crippen LogP) is 12.0. The van der Waals surface area contributed by atoms with Gasteiger partial charge in [-0.2, -0.15) is 0 Å². The van der Waals surface area contributed by atoms with Crippen molar-refractivity contribution in [2.45, 2.75) is 132 Å². The van der Waals surface area contributed by atoms with Gasteiger partial charge in [0.15, 0.2) is 6.61 Å². The lowest BCUT2D eigenvalue weighted by Gasteiger charge is -2.61. The molecule has 7 rings (SSSR count). The van der Waals surface area contributed by atoms with Crippen LogP contribution in [0.25, 0.3) is 11.0 Å². The van der Waals surface area contributed by atoms with Gasteiger partial charge in [-0.25, -0.2) is 4.79 Å². The van der Waals surface area contributed by atoms with E-state index >= 15 is 0 Å². The Morgan fingerprint density at radius 2 is 1.67 bits per heavy atom. The molecule has 0 spiro atoms. The lowest BCUT2D eigenvalue weighted by Crippen LogP contribution is -2.52. The van der Waals surface area contributed by atoms with Crippen molar-refractivity contribution < 1.29 is 28.2 Å². The highest BCUT2D eigenvalue weighted by molar-refractivity contribution is 5.80. The van der Waals surface area contributed by atoms with Gasteiger partial charge in [0.25, 0.3) is 0 Å². The van der Waals surface area contributed by atoms with Gasteiger partial charge in [0, 0.05) is 12.5 Å². The summed E-state index contributed by atoms with van der Waals surface area (Å²) in [6.07, 6.45) is 17.5. The summed E-state index contributed by atoms with van der Waals surface area (Å²) in [5, 5.41) is 0.368. The molecule has 1 aromatic heterocycles. The van der Waals surface area contributed by atoms with Gasteiger partial charge in [-0.15, -0.1) is 0 Å². The maximum atomic E-state index is 13.3. The molecule has 55 heavy (non-hydrogen) atoms. The third-order valence-corrected chi connectivity index (χ3v) is 14.4. The molecule has 1 heterocycles. The minimum Gasteiger partial charge on any atom is -0.494 e. The maximum absolute atomic E-state index is 13.3. The van der Waals surface area contributed by atoms with E-state index in [0.29, 0.717) is 40.3 Å². The van der Waals surface area contributed by atoms with E-state index < -0.39 is 0 Å². The van der Waals surface area contributed by atoms with Crippen LogP contribution in [0.15, 0.2) is 63.3 Å². The molecule has 298 valence electrons. The van der Waals surface area contributed by atoms with Gasteiger partial charge < -0.3 is 23.4 Å². The molecule has 0 aliphatic heterocycles. The molecule has 0 N–H and O–H groups in total. The lowest BCUT2D eigenvalue weighted by atomic mass is 9.44. The van der Waals surface area contributed by atoms with E-state index in [1.165, 1.54) is 63.4 Å². The molecule has 3 saturated carbocycles. The normalized spacial score (nSPS) is 29.4. The second-order valence-corrected chi connectivity index (χ2v) is 18.4. The minimum atomic E-state index is -0.372. The van der Waals surface area contributed by atoms with E-state index in [9.17, 15) is 9.59 Å². The van der Waals surface area contributed by atoms with E-state index in [2.05, 4.69) is 40.7 Å². The zero-order valence-corrected chi connectivity index (χ0v) is 34.4. The Kier molecular flexibility index (Phi) is 11.8. The SMILES string of the molecule is CCOc1ccc(Oc2c(C)oc3cc(OCC(=O)OC4CC[C@@]5(C)C(=CCC6C7CCC(C(C)CCCC(C)C)C[C@@]7(C)CCC65)C4)ccc3c2=O)cc1. The largest absolute Gasteiger partial charge is 0.494 e. The number of allylic oxidation sites excluding steroid dienone is 1. The van der Waals surface area contributed by atoms with Crippen molar-refractivity contribution in [1.82, 2.24) is 0 Å². The molecular weight excluding hydrogens is 689 g/mol. The third kappa shape index (κ3) is 8.37. The van der Waals surface area contributed by atoms with Gasteiger partial charge in [-0.05, 0) is 148 Å². The quantitative estimate of drug-likeness (QED) is 0.127. The van der Waals surface area contributed by atoms with Gasteiger partial charge in [-0.3, -0.25) is 4.79 Å². The van der Waals surface area contributed by atoms with Crippen LogP contribution >= 0.6 is 0 Å². The van der Waals surface area contributed by atoms with E-state index in [4.69, 9.17) is 23.4 Å². The fraction of sp³-hybridized carbons (Fsp3) is 0.625. The van der Waals surface area contributed by atoms with Gasteiger partial charge in [0.1, 0.15) is 34.7 Å². The maximum Gasteiger partial charge on any atom is 0.344 e. The van der Waals surface area contributed by atoms with E-state index in [-0.39, 0.29) is 35.3 Å². The molecular formula is C48H64O7. The van der Waals surface area contributed by atoms with Crippen LogP contribution in [0, 0.1) is 53.3 Å². The molecule has 4 aliphatic rings. The second kappa shape index (κ2) is 16.4. The number of hydrogen-bond acceptors (Lipinski definition) is 7. The zero-order chi connectivity index (χ0) is 38.9. The Bertz CT molecular complexity index is 1910. The van der Waals surface area contributed by atoms with E-state index in [0.717, 1.165) is 60.5 Å². The number of esters is 1. The van der Waals surface area contributed by atoms with Crippen LogP contribution in [0.2, 0.25) is 0 Å². The molecule has 0 radical (unpaired) electrons. The molecule has 6 unspecified atom stereocenters. The summed E-state index contributed by atoms with van der Waals surface area (Å²) >= 11 is 0. The standard InChI is InChI=1S/C48H64O7/c1-8-51-35-14-16-36(17-15-35)55-46-32(5)53-43-27-37(18-20-40(43)45(46)50)52-29-44(49)54-38-22-25-48(7)34(26-38)13-19-39-41-21-12-33(31(4)11-9-10-30(2)3)28-47(41,6)24-23-42(39)48/h13-18,20,27,30-31,33,38-39,41-42H,8-12,19,21-26,28-29H2,1-7H3/t31?,33?,38?,39?,41?,42?,47-,48+/m1/s1. The number of benzene rings is 2. The number of hydrogen-bond donors (Lipinski definition) is 0. The first kappa shape index (κ1) is 39.5. The summed E-state index contributed by atoms with van der Waals surface area (Å²) in [6, 6.07) is 12.1. The number of fused-ring (bicyclic) bond motifs is 6. The highest BCUT2D eigenvalue weighted by Gasteiger charge is 2.56. The first-order chi connectivity index (χ1) is 26.4. The van der Waals surface area contributed by atoms with Crippen LogP contribution < -0.4 is 19.6 Å². The Balaban J connectivity index is 0.925. The summed E-state index contributed by atoms with van der Waals surface area (Å²) in [6.45, 7) is 16.4. The van der Waals surface area contributed by atoms with Crippen LogP contribution in [0.1, 0.15) is 124 Å². The summed E-state index contributed by atoms with van der Waals surface area (Å²) < 4.78 is 29.3. The topological polar surface area (TPSA) is 84.2 Å². The van der Waals surface area contributed by atoms with Crippen molar-refractivity contribution in [3.05, 3.63) is 70.1 Å². The lowest BCUT2D eigenvalue weighted by molar-refractivity contribution is -0.154. The van der Waals surface area contributed by atoms with Crippen LogP contribution in [-0.4, -0.2) is 25.3 Å². The summed E-state index contributed by atoms with van der Waals surface area (Å²) in [5.74, 6) is 6.67. The van der Waals surface area contributed by atoms with Crippen molar-refractivity contribution in [2.75, 3.05) is 13.2 Å². The molecule has 3 fully saturated rings. The third-order valence-electron chi connectivity index (χ3n) is 14.4. The molecule has 0 bridgehead atoms. The first-order valence-electron chi connectivity index (χ1n) is 21.4. The fourth-order valence-electron chi connectivity index (χ4n) is 11.3. The number of rotatable bonds is 13. The molecule has 4 aliphatic carbocycles. The molecule has 2 aromatic carbocycles. The molecule has 8 atom stereocenters. The van der Waals surface area contributed by atoms with Crippen molar-refractivity contribution >= 4 is 16.9 Å². The number of ether oxygens (including phenoxy) is 4. The number of aryl methyl sites for hydroxylation is 1. The van der Waals surface area contributed by atoms with Crippen LogP contribution in [0.5, 0.6) is 23.0 Å². The zero-order valence-electron chi connectivity index (χ0n) is 34.4. The summed E-state index contributed by atoms with van der Waals surface area (Å²) in [5.41, 5.74) is 2.29. The molecule has 0 amide bonds. The summed E-state index contributed by atoms with van der Waals surface area (Å²) in [4.78, 5) is 26.4. The molecule has 0 saturated heterocycles. The number of carbonyl (C=O) groups is 1.